The van der Waals surface area contributed by atoms with Gasteiger partial charge in [0.15, 0.2) is 5.43 Å². The number of nitrogens with one attached hydrogen (secondary N) is 2. The van der Waals surface area contributed by atoms with E-state index in [9.17, 15) is 9.59 Å². The summed E-state index contributed by atoms with van der Waals surface area (Å²) in [5.41, 5.74) is 1.40. The van der Waals surface area contributed by atoms with Gasteiger partial charge in [-0.2, -0.15) is 4.68 Å². The van der Waals surface area contributed by atoms with Crippen molar-refractivity contribution in [3.05, 3.63) is 56.6 Å². The third-order valence-corrected chi connectivity index (χ3v) is 4.81. The minimum atomic E-state index is -0.379. The van der Waals surface area contributed by atoms with Gasteiger partial charge in [0.1, 0.15) is 11.0 Å². The lowest BCUT2D eigenvalue weighted by Crippen LogP contribution is -2.18. The average molecular weight is 326 g/mol. The normalized spacial score (nSPS) is 11.8. The van der Waals surface area contributed by atoms with Crippen LogP contribution in [0.5, 0.6) is 0 Å². The Bertz CT molecular complexity index is 1110. The van der Waals surface area contributed by atoms with Gasteiger partial charge in [-0.3, -0.25) is 14.7 Å². The van der Waals surface area contributed by atoms with Gasteiger partial charge in [0.25, 0.3) is 5.56 Å². The summed E-state index contributed by atoms with van der Waals surface area (Å²) in [6, 6.07) is 9.16. The van der Waals surface area contributed by atoms with Gasteiger partial charge in [0, 0.05) is 11.8 Å². The van der Waals surface area contributed by atoms with E-state index in [0.29, 0.717) is 10.8 Å². The van der Waals surface area contributed by atoms with E-state index >= 15 is 0 Å². The number of rotatable bonds is 2. The van der Waals surface area contributed by atoms with Gasteiger partial charge in [0.2, 0.25) is 5.13 Å². The molecule has 0 fully saturated rings. The quantitative estimate of drug-likeness (QED) is 0.594. The predicted molar refractivity (Wildman–Crippen MR) is 91.8 cm³/mol. The van der Waals surface area contributed by atoms with Gasteiger partial charge in [-0.05, 0) is 18.1 Å². The summed E-state index contributed by atoms with van der Waals surface area (Å²) >= 11 is 1.40. The van der Waals surface area contributed by atoms with E-state index < -0.39 is 0 Å². The van der Waals surface area contributed by atoms with Gasteiger partial charge in [-0.25, -0.2) is 4.98 Å². The van der Waals surface area contributed by atoms with Crippen LogP contribution in [-0.2, 0) is 0 Å². The molecule has 23 heavy (non-hydrogen) atoms. The van der Waals surface area contributed by atoms with Crippen LogP contribution in [0.2, 0.25) is 0 Å². The summed E-state index contributed by atoms with van der Waals surface area (Å²) in [4.78, 5) is 32.5. The molecule has 0 radical (unpaired) electrons. The molecule has 0 aliphatic carbocycles. The number of aromatic amines is 2. The first kappa shape index (κ1) is 14.0. The molecule has 3 aromatic heterocycles. The summed E-state index contributed by atoms with van der Waals surface area (Å²) in [5, 5.41) is 3.63. The van der Waals surface area contributed by atoms with Crippen molar-refractivity contribution >= 4 is 32.6 Å². The maximum Gasteiger partial charge on any atom is 0.286 e. The number of aromatic nitrogens is 4. The van der Waals surface area contributed by atoms with Gasteiger partial charge in [-0.15, -0.1) is 0 Å². The first-order valence-electron chi connectivity index (χ1n) is 7.28. The lowest BCUT2D eigenvalue weighted by molar-refractivity contribution is 0.817. The molecule has 4 aromatic rings. The molecule has 7 heteroatoms. The smallest absolute Gasteiger partial charge is 0.286 e. The monoisotopic (exact) mass is 326 g/mol. The number of para-hydroxylation sites is 1. The van der Waals surface area contributed by atoms with Crippen LogP contribution in [0, 0.1) is 0 Å². The summed E-state index contributed by atoms with van der Waals surface area (Å²) in [6.07, 6.45) is 0. The fourth-order valence-electron chi connectivity index (χ4n) is 2.55. The highest BCUT2D eigenvalue weighted by Crippen LogP contribution is 2.23. The van der Waals surface area contributed by atoms with Gasteiger partial charge < -0.3 is 4.98 Å². The van der Waals surface area contributed by atoms with Crippen molar-refractivity contribution in [1.29, 1.82) is 0 Å². The Hall–Kier alpha value is -2.67. The van der Waals surface area contributed by atoms with Gasteiger partial charge in [-0.1, -0.05) is 37.3 Å². The molecule has 1 aromatic carbocycles. The Kier molecular flexibility index (Phi) is 2.99. The summed E-state index contributed by atoms with van der Waals surface area (Å²) in [6.45, 7) is 3.97. The van der Waals surface area contributed by atoms with Crippen molar-refractivity contribution in [1.82, 2.24) is 19.7 Å². The minimum absolute atomic E-state index is 0.133. The zero-order chi connectivity index (χ0) is 16.1. The highest BCUT2D eigenvalue weighted by molar-refractivity contribution is 7.20. The van der Waals surface area contributed by atoms with E-state index in [4.69, 9.17) is 0 Å². The standard InChI is InChI=1S/C16H14N4O2S/c1-8(2)10-7-11(21)13-14(17-10)19-20(15(13)22)16-18-9-5-3-4-6-12(9)23-16/h3-8H,1-2H3,(H2,17,19,21). The number of H-pyrrole nitrogens is 2. The maximum absolute atomic E-state index is 12.6. The van der Waals surface area contributed by atoms with Crippen molar-refractivity contribution in [3.8, 4) is 5.13 Å². The molecule has 0 saturated carbocycles. The second-order valence-corrected chi connectivity index (χ2v) is 6.72. The highest BCUT2D eigenvalue weighted by Gasteiger charge is 2.16. The van der Waals surface area contributed by atoms with Crippen LogP contribution in [0.1, 0.15) is 25.5 Å². The topological polar surface area (TPSA) is 83.5 Å². The lowest BCUT2D eigenvalue weighted by atomic mass is 10.1. The number of hydrogen-bond acceptors (Lipinski definition) is 4. The molecule has 4 rings (SSSR count). The highest BCUT2D eigenvalue weighted by atomic mass is 32.1. The Labute approximate surface area is 134 Å². The van der Waals surface area contributed by atoms with E-state index in [0.717, 1.165) is 15.9 Å². The molecular weight excluding hydrogens is 312 g/mol. The zero-order valence-corrected chi connectivity index (χ0v) is 13.4. The number of hydrogen-bond donors (Lipinski definition) is 2. The molecule has 6 nitrogen and oxygen atoms in total. The SMILES string of the molecule is CC(C)c1cc(=O)c2c(=O)n(-c3nc4ccccc4s3)[nH]c2[nH]1. The molecule has 0 saturated heterocycles. The molecule has 0 bridgehead atoms. The number of nitrogens with zero attached hydrogens (tertiary/aromatic N) is 2. The fourth-order valence-corrected chi connectivity index (χ4v) is 3.48. The Morgan fingerprint density at radius 3 is 2.74 bits per heavy atom. The van der Waals surface area contributed by atoms with E-state index in [1.54, 1.807) is 0 Å². The van der Waals surface area contributed by atoms with Crippen LogP contribution in [0.15, 0.2) is 39.9 Å². The first-order chi connectivity index (χ1) is 11.0. The van der Waals surface area contributed by atoms with E-state index in [-0.39, 0.29) is 22.3 Å². The van der Waals surface area contributed by atoms with Crippen LogP contribution in [0.4, 0.5) is 0 Å². The summed E-state index contributed by atoms with van der Waals surface area (Å²) < 4.78 is 2.32. The maximum atomic E-state index is 12.6. The number of fused-ring (bicyclic) bond motifs is 2. The molecule has 0 amide bonds. The van der Waals surface area contributed by atoms with Crippen molar-refractivity contribution < 1.29 is 0 Å². The lowest BCUT2D eigenvalue weighted by Gasteiger charge is -2.03. The largest absolute Gasteiger partial charge is 0.343 e. The Balaban J connectivity index is 2.01. The molecule has 0 atom stereocenters. The number of thiazole rings is 1. The predicted octanol–water partition coefficient (Wildman–Crippen LogP) is 2.74. The average Bonchev–Trinajstić information content (AvgIpc) is 3.08. The van der Waals surface area contributed by atoms with Crippen molar-refractivity contribution in [2.75, 3.05) is 0 Å². The molecule has 0 unspecified atom stereocenters. The molecule has 0 aliphatic heterocycles. The Morgan fingerprint density at radius 2 is 2.00 bits per heavy atom. The minimum Gasteiger partial charge on any atom is -0.343 e. The molecule has 0 aliphatic rings. The fraction of sp³-hybridized carbons (Fsp3) is 0.188. The van der Waals surface area contributed by atoms with E-state index in [1.807, 2.05) is 38.1 Å². The van der Waals surface area contributed by atoms with E-state index in [2.05, 4.69) is 15.1 Å². The molecule has 116 valence electrons. The molecule has 2 N–H and O–H groups in total. The second-order valence-electron chi connectivity index (χ2n) is 5.71. The van der Waals surface area contributed by atoms with Crippen molar-refractivity contribution in [3.63, 3.8) is 0 Å². The molecular formula is C16H14N4O2S. The van der Waals surface area contributed by atoms with Crippen LogP contribution >= 0.6 is 11.3 Å². The third kappa shape index (κ3) is 2.12. The molecule has 0 spiro atoms. The van der Waals surface area contributed by atoms with Gasteiger partial charge in [0.05, 0.1) is 10.2 Å². The first-order valence-corrected chi connectivity index (χ1v) is 8.10. The Morgan fingerprint density at radius 1 is 1.22 bits per heavy atom. The van der Waals surface area contributed by atoms with Gasteiger partial charge >= 0.3 is 0 Å². The van der Waals surface area contributed by atoms with Crippen LogP contribution in [0.25, 0.3) is 26.4 Å². The summed E-state index contributed by atoms with van der Waals surface area (Å²) in [5.74, 6) is 0.168. The molecule has 3 heterocycles. The zero-order valence-electron chi connectivity index (χ0n) is 12.6. The number of benzene rings is 1. The van der Waals surface area contributed by atoms with E-state index in [1.165, 1.54) is 22.1 Å². The third-order valence-electron chi connectivity index (χ3n) is 3.79. The van der Waals surface area contributed by atoms with Crippen molar-refractivity contribution in [2.24, 2.45) is 0 Å². The van der Waals surface area contributed by atoms with Crippen LogP contribution in [0.3, 0.4) is 0 Å². The second kappa shape index (κ2) is 4.92. The van der Waals surface area contributed by atoms with Crippen LogP contribution in [-0.4, -0.2) is 19.7 Å². The number of pyridine rings is 1. The van der Waals surface area contributed by atoms with Crippen LogP contribution < -0.4 is 11.0 Å². The summed E-state index contributed by atoms with van der Waals surface area (Å²) in [7, 11) is 0. The van der Waals surface area contributed by atoms with Crippen molar-refractivity contribution in [2.45, 2.75) is 19.8 Å².